The van der Waals surface area contributed by atoms with Gasteiger partial charge in [-0.1, -0.05) is 26.2 Å². The lowest BCUT2D eigenvalue weighted by molar-refractivity contribution is -0.170. The minimum absolute atomic E-state index is 0.510. The molecule has 1 amide bonds. The van der Waals surface area contributed by atoms with E-state index in [1.165, 1.54) is 6.92 Å². The zero-order valence-corrected chi connectivity index (χ0v) is 9.40. The smallest absolute Gasteiger partial charge is 0.348 e. The van der Waals surface area contributed by atoms with Crippen LogP contribution >= 0.6 is 0 Å². The lowest BCUT2D eigenvalue weighted by Gasteiger charge is -2.19. The van der Waals surface area contributed by atoms with Gasteiger partial charge in [0.1, 0.15) is 0 Å². The fourth-order valence-electron chi connectivity index (χ4n) is 1.19. The molecule has 0 aromatic rings. The molecule has 0 aliphatic rings. The van der Waals surface area contributed by atoms with Gasteiger partial charge in [-0.05, 0) is 13.3 Å². The number of alkyl halides is 4. The number of hydrogen-bond acceptors (Lipinski definition) is 1. The highest BCUT2D eigenvalue weighted by atomic mass is 19.3. The molecule has 0 aromatic heterocycles. The molecule has 96 valence electrons. The maximum Gasteiger partial charge on any atom is 0.383 e. The summed E-state index contributed by atoms with van der Waals surface area (Å²) in [6.45, 7) is 3.50. The quantitative estimate of drug-likeness (QED) is 0.540. The Morgan fingerprint density at radius 3 is 2.31 bits per heavy atom. The van der Waals surface area contributed by atoms with Crippen molar-refractivity contribution in [2.24, 2.45) is 0 Å². The van der Waals surface area contributed by atoms with E-state index in [1.54, 1.807) is 0 Å². The first kappa shape index (κ1) is 15.2. The molecule has 2 nitrogen and oxygen atoms in total. The van der Waals surface area contributed by atoms with Gasteiger partial charge in [0.05, 0.1) is 0 Å². The van der Waals surface area contributed by atoms with Crippen molar-refractivity contribution in [3.05, 3.63) is 0 Å². The van der Waals surface area contributed by atoms with Gasteiger partial charge in [0, 0.05) is 6.04 Å². The van der Waals surface area contributed by atoms with Crippen LogP contribution in [0, 0.1) is 0 Å². The summed E-state index contributed by atoms with van der Waals surface area (Å²) in [5.41, 5.74) is 0. The highest BCUT2D eigenvalue weighted by Crippen LogP contribution is 2.23. The van der Waals surface area contributed by atoms with Crippen LogP contribution in [0.25, 0.3) is 0 Å². The Hall–Kier alpha value is -0.810. The van der Waals surface area contributed by atoms with Crippen molar-refractivity contribution in [1.82, 2.24) is 5.32 Å². The van der Waals surface area contributed by atoms with Crippen LogP contribution in [0.15, 0.2) is 0 Å². The molecule has 0 spiro atoms. The molecule has 6 heteroatoms. The molecule has 1 unspecified atom stereocenters. The number of amides is 1. The first-order valence-electron chi connectivity index (χ1n) is 5.29. The van der Waals surface area contributed by atoms with Crippen molar-refractivity contribution in [3.8, 4) is 0 Å². The number of hydrogen-bond donors (Lipinski definition) is 1. The molecule has 0 heterocycles. The summed E-state index contributed by atoms with van der Waals surface area (Å²) in [4.78, 5) is 10.8. The van der Waals surface area contributed by atoms with E-state index < -0.39 is 24.3 Å². The van der Waals surface area contributed by atoms with E-state index in [2.05, 4.69) is 0 Å². The Kier molecular flexibility index (Phi) is 6.36. The van der Waals surface area contributed by atoms with E-state index in [9.17, 15) is 22.4 Å². The number of carbonyl (C=O) groups is 1. The molecule has 0 radical (unpaired) electrons. The van der Waals surface area contributed by atoms with Gasteiger partial charge in [-0.15, -0.1) is 0 Å². The lowest BCUT2D eigenvalue weighted by atomic mass is 10.1. The fourth-order valence-corrected chi connectivity index (χ4v) is 1.19. The Morgan fingerprint density at radius 2 is 1.88 bits per heavy atom. The van der Waals surface area contributed by atoms with Crippen LogP contribution in [-0.2, 0) is 4.79 Å². The summed E-state index contributed by atoms with van der Waals surface area (Å²) in [6, 6.07) is -0.510. The average molecular weight is 243 g/mol. The SMILES string of the molecule is CCCCCC(C)NC(=O)C(F)(F)C(F)F. The van der Waals surface area contributed by atoms with Crippen molar-refractivity contribution >= 4 is 5.91 Å². The third-order valence-electron chi connectivity index (χ3n) is 2.19. The van der Waals surface area contributed by atoms with Gasteiger partial charge in [0.2, 0.25) is 0 Å². The van der Waals surface area contributed by atoms with Crippen LogP contribution in [0.3, 0.4) is 0 Å². The predicted molar refractivity (Wildman–Crippen MR) is 52.7 cm³/mol. The topological polar surface area (TPSA) is 29.1 Å². The van der Waals surface area contributed by atoms with Gasteiger partial charge in [0.15, 0.2) is 0 Å². The van der Waals surface area contributed by atoms with Crippen LogP contribution in [0.5, 0.6) is 0 Å². The minimum atomic E-state index is -4.60. The Morgan fingerprint density at radius 1 is 1.31 bits per heavy atom. The van der Waals surface area contributed by atoms with Gasteiger partial charge in [0.25, 0.3) is 5.91 Å². The van der Waals surface area contributed by atoms with Gasteiger partial charge < -0.3 is 5.32 Å². The van der Waals surface area contributed by atoms with Crippen molar-refractivity contribution in [1.29, 1.82) is 0 Å². The lowest BCUT2D eigenvalue weighted by Crippen LogP contribution is -2.48. The molecule has 0 rings (SSSR count). The second-order valence-corrected chi connectivity index (χ2v) is 3.79. The molecule has 0 bridgehead atoms. The van der Waals surface area contributed by atoms with E-state index in [0.29, 0.717) is 6.42 Å². The Labute approximate surface area is 92.4 Å². The van der Waals surface area contributed by atoms with E-state index in [4.69, 9.17) is 0 Å². The highest BCUT2D eigenvalue weighted by Gasteiger charge is 2.49. The van der Waals surface area contributed by atoms with Crippen LogP contribution in [0.1, 0.15) is 39.5 Å². The maximum absolute atomic E-state index is 12.5. The zero-order chi connectivity index (χ0) is 12.8. The van der Waals surface area contributed by atoms with Crippen LogP contribution in [0.4, 0.5) is 17.6 Å². The number of carbonyl (C=O) groups excluding carboxylic acids is 1. The summed E-state index contributed by atoms with van der Waals surface area (Å²) in [5, 5.41) is 1.89. The number of unbranched alkanes of at least 4 members (excludes halogenated alkanes) is 2. The predicted octanol–water partition coefficient (Wildman–Crippen LogP) is 2.97. The third kappa shape index (κ3) is 4.81. The molecule has 0 saturated carbocycles. The van der Waals surface area contributed by atoms with Crippen LogP contribution in [0.2, 0.25) is 0 Å². The van der Waals surface area contributed by atoms with Gasteiger partial charge in [-0.25, -0.2) is 8.78 Å². The summed E-state index contributed by atoms with van der Waals surface area (Å²) < 4.78 is 48.7. The summed E-state index contributed by atoms with van der Waals surface area (Å²) in [7, 11) is 0. The maximum atomic E-state index is 12.5. The Bertz CT molecular complexity index is 221. The van der Waals surface area contributed by atoms with Crippen molar-refractivity contribution in [2.45, 2.75) is 57.9 Å². The van der Waals surface area contributed by atoms with Crippen LogP contribution < -0.4 is 5.32 Å². The zero-order valence-electron chi connectivity index (χ0n) is 9.40. The molecular weight excluding hydrogens is 226 g/mol. The molecule has 0 aliphatic heterocycles. The second kappa shape index (κ2) is 6.70. The first-order valence-corrected chi connectivity index (χ1v) is 5.29. The van der Waals surface area contributed by atoms with Crippen molar-refractivity contribution < 1.29 is 22.4 Å². The molecular formula is C10H17F4NO. The summed E-state index contributed by atoms with van der Waals surface area (Å²) in [6.07, 6.45) is -0.786. The Balaban J connectivity index is 4.04. The first-order chi connectivity index (χ1) is 7.32. The number of nitrogens with one attached hydrogen (secondary N) is 1. The highest BCUT2D eigenvalue weighted by molar-refractivity contribution is 5.84. The minimum Gasteiger partial charge on any atom is -0.348 e. The normalized spacial score (nSPS) is 13.9. The molecule has 16 heavy (non-hydrogen) atoms. The van der Waals surface area contributed by atoms with Crippen molar-refractivity contribution in [3.63, 3.8) is 0 Å². The van der Waals surface area contributed by atoms with E-state index in [1.807, 2.05) is 12.2 Å². The molecule has 0 fully saturated rings. The monoisotopic (exact) mass is 243 g/mol. The van der Waals surface area contributed by atoms with E-state index in [0.717, 1.165) is 19.3 Å². The molecule has 0 saturated heterocycles. The summed E-state index contributed by atoms with van der Waals surface area (Å²) in [5.74, 6) is -6.49. The molecule has 1 atom stereocenters. The van der Waals surface area contributed by atoms with Crippen LogP contribution in [-0.4, -0.2) is 24.3 Å². The molecule has 0 aliphatic carbocycles. The number of rotatable bonds is 7. The second-order valence-electron chi connectivity index (χ2n) is 3.79. The van der Waals surface area contributed by atoms with Gasteiger partial charge in [-0.2, -0.15) is 8.78 Å². The van der Waals surface area contributed by atoms with E-state index in [-0.39, 0.29) is 0 Å². The van der Waals surface area contributed by atoms with E-state index >= 15 is 0 Å². The average Bonchev–Trinajstić information content (AvgIpc) is 2.17. The molecule has 1 N–H and O–H groups in total. The number of halogens is 4. The van der Waals surface area contributed by atoms with Crippen molar-refractivity contribution in [2.75, 3.05) is 0 Å². The third-order valence-corrected chi connectivity index (χ3v) is 2.19. The van der Waals surface area contributed by atoms with Gasteiger partial charge in [-0.3, -0.25) is 4.79 Å². The standard InChI is InChI=1S/C10H17F4NO/c1-3-4-5-6-7(2)15-9(16)10(13,14)8(11)12/h7-8H,3-6H2,1-2H3,(H,15,16). The van der Waals surface area contributed by atoms with Gasteiger partial charge >= 0.3 is 12.3 Å². The molecule has 0 aromatic carbocycles. The largest absolute Gasteiger partial charge is 0.383 e. The summed E-state index contributed by atoms with van der Waals surface area (Å²) >= 11 is 0. The fraction of sp³-hybridized carbons (Fsp3) is 0.900.